The molecule has 0 radical (unpaired) electrons. The van der Waals surface area contributed by atoms with Crippen molar-refractivity contribution in [1.82, 2.24) is 0 Å². The third kappa shape index (κ3) is 2.91. The fourth-order valence-corrected chi connectivity index (χ4v) is 0.560. The molecule has 0 aromatic heterocycles. The van der Waals surface area contributed by atoms with E-state index in [-0.39, 0.29) is 6.42 Å². The molecule has 0 heterocycles. The minimum atomic E-state index is -1.23. The van der Waals surface area contributed by atoms with Gasteiger partial charge in [-0.25, -0.2) is 0 Å². The third-order valence-electron chi connectivity index (χ3n) is 1.23. The number of carbonyl (C=O) groups is 1. The van der Waals surface area contributed by atoms with Gasteiger partial charge < -0.3 is 20.1 Å². The van der Waals surface area contributed by atoms with Crippen LogP contribution in [0.1, 0.15) is 13.3 Å². The van der Waals surface area contributed by atoms with E-state index in [0.717, 1.165) is 0 Å². The predicted molar refractivity (Wildman–Crippen MR) is 34.4 cm³/mol. The molecule has 0 aromatic rings. The number of rotatable bonds is 4. The molecule has 0 bridgehead atoms. The van der Waals surface area contributed by atoms with Gasteiger partial charge in [0.25, 0.3) is 0 Å². The van der Waals surface area contributed by atoms with E-state index in [1.54, 1.807) is 0 Å². The van der Waals surface area contributed by atoms with Crippen LogP contribution in [0.2, 0.25) is 0 Å². The standard InChI is InChI=1S/C6H12O4/c1-4(8)6(10)5(9)2-3-7/h3-6,8-10H,2H2,1H3/t4-,5-,6-/m0/s1. The molecule has 10 heavy (non-hydrogen) atoms. The molecule has 3 N–H and O–H groups in total. The molecule has 0 fully saturated rings. The van der Waals surface area contributed by atoms with Gasteiger partial charge >= 0.3 is 0 Å². The summed E-state index contributed by atoms with van der Waals surface area (Å²) in [7, 11) is 0. The van der Waals surface area contributed by atoms with Crippen LogP contribution in [0.15, 0.2) is 0 Å². The second-order valence-corrected chi connectivity index (χ2v) is 2.20. The van der Waals surface area contributed by atoms with E-state index >= 15 is 0 Å². The molecule has 0 amide bonds. The van der Waals surface area contributed by atoms with Crippen molar-refractivity contribution in [2.75, 3.05) is 0 Å². The SMILES string of the molecule is C[C@H](O)[C@H](O)[C@@H](O)CC=O. The molecule has 0 aliphatic rings. The van der Waals surface area contributed by atoms with Gasteiger partial charge in [0.05, 0.1) is 12.2 Å². The Bertz CT molecular complexity index is 102. The van der Waals surface area contributed by atoms with E-state index in [2.05, 4.69) is 0 Å². The zero-order valence-corrected chi connectivity index (χ0v) is 5.77. The van der Waals surface area contributed by atoms with Gasteiger partial charge in [-0.05, 0) is 6.92 Å². The van der Waals surface area contributed by atoms with Gasteiger partial charge in [0.15, 0.2) is 0 Å². The average Bonchev–Trinajstić information content (AvgIpc) is 1.87. The second kappa shape index (κ2) is 4.38. The van der Waals surface area contributed by atoms with Gasteiger partial charge in [0.1, 0.15) is 12.4 Å². The van der Waals surface area contributed by atoms with E-state index in [4.69, 9.17) is 15.3 Å². The zero-order valence-electron chi connectivity index (χ0n) is 5.77. The fraction of sp³-hybridized carbons (Fsp3) is 0.833. The topological polar surface area (TPSA) is 77.8 Å². The van der Waals surface area contributed by atoms with E-state index in [0.29, 0.717) is 6.29 Å². The molecule has 0 aliphatic heterocycles. The van der Waals surface area contributed by atoms with Crippen molar-refractivity contribution in [3.8, 4) is 0 Å². The Kier molecular flexibility index (Phi) is 4.18. The summed E-state index contributed by atoms with van der Waals surface area (Å²) in [6.07, 6.45) is -3.04. The molecule has 0 saturated heterocycles. The summed E-state index contributed by atoms with van der Waals surface area (Å²) in [6, 6.07) is 0. The van der Waals surface area contributed by atoms with Crippen LogP contribution in [0, 0.1) is 0 Å². The molecule has 0 aromatic carbocycles. The average molecular weight is 148 g/mol. The minimum Gasteiger partial charge on any atom is -0.391 e. The highest BCUT2D eigenvalue weighted by atomic mass is 16.4. The Morgan fingerprint density at radius 3 is 2.20 bits per heavy atom. The van der Waals surface area contributed by atoms with Crippen LogP contribution < -0.4 is 0 Å². The number of aliphatic hydroxyl groups is 3. The Hall–Kier alpha value is -0.450. The molecule has 0 spiro atoms. The lowest BCUT2D eigenvalue weighted by molar-refractivity contribution is -0.113. The predicted octanol–water partition coefficient (Wildman–Crippen LogP) is -1.32. The van der Waals surface area contributed by atoms with Crippen molar-refractivity contribution in [1.29, 1.82) is 0 Å². The van der Waals surface area contributed by atoms with E-state index in [1.807, 2.05) is 0 Å². The molecule has 3 atom stereocenters. The van der Waals surface area contributed by atoms with Crippen molar-refractivity contribution in [3.63, 3.8) is 0 Å². The maximum absolute atomic E-state index is 9.79. The van der Waals surface area contributed by atoms with Gasteiger partial charge in [-0.3, -0.25) is 0 Å². The first-order valence-corrected chi connectivity index (χ1v) is 3.07. The summed E-state index contributed by atoms with van der Waals surface area (Å²) in [5.41, 5.74) is 0. The number of carbonyl (C=O) groups excluding carboxylic acids is 1. The molecule has 4 heteroatoms. The van der Waals surface area contributed by atoms with Gasteiger partial charge in [-0.15, -0.1) is 0 Å². The first-order valence-electron chi connectivity index (χ1n) is 3.07. The molecule has 0 aliphatic carbocycles. The van der Waals surface area contributed by atoms with Gasteiger partial charge in [0, 0.05) is 6.42 Å². The zero-order chi connectivity index (χ0) is 8.15. The summed E-state index contributed by atoms with van der Waals surface area (Å²) in [5, 5.41) is 26.4. The highest BCUT2D eigenvalue weighted by Crippen LogP contribution is 2.01. The second-order valence-electron chi connectivity index (χ2n) is 2.20. The largest absolute Gasteiger partial charge is 0.391 e. The fourth-order valence-electron chi connectivity index (χ4n) is 0.560. The lowest BCUT2D eigenvalue weighted by Crippen LogP contribution is -2.35. The summed E-state index contributed by atoms with van der Waals surface area (Å²) in [6.45, 7) is 1.35. The lowest BCUT2D eigenvalue weighted by atomic mass is 10.1. The van der Waals surface area contributed by atoms with E-state index < -0.39 is 18.3 Å². The third-order valence-corrected chi connectivity index (χ3v) is 1.23. The van der Waals surface area contributed by atoms with Gasteiger partial charge in [-0.2, -0.15) is 0 Å². The highest BCUT2D eigenvalue weighted by Gasteiger charge is 2.19. The summed E-state index contributed by atoms with van der Waals surface area (Å²) >= 11 is 0. The molecular formula is C6H12O4. The number of aldehydes is 1. The molecule has 4 nitrogen and oxygen atoms in total. The maximum atomic E-state index is 9.79. The first kappa shape index (κ1) is 9.55. The highest BCUT2D eigenvalue weighted by molar-refractivity contribution is 5.50. The van der Waals surface area contributed by atoms with Crippen LogP contribution in [0.4, 0.5) is 0 Å². The van der Waals surface area contributed by atoms with Crippen molar-refractivity contribution >= 4 is 6.29 Å². The smallest absolute Gasteiger partial charge is 0.122 e. The quantitative estimate of drug-likeness (QED) is 0.432. The Labute approximate surface area is 59.1 Å². The molecule has 60 valence electrons. The van der Waals surface area contributed by atoms with Crippen LogP contribution in [0.3, 0.4) is 0 Å². The van der Waals surface area contributed by atoms with Crippen molar-refractivity contribution in [3.05, 3.63) is 0 Å². The number of hydrogen-bond acceptors (Lipinski definition) is 4. The summed E-state index contributed by atoms with van der Waals surface area (Å²) in [5.74, 6) is 0. The molecule has 0 unspecified atom stereocenters. The van der Waals surface area contributed by atoms with Gasteiger partial charge in [0.2, 0.25) is 0 Å². The maximum Gasteiger partial charge on any atom is 0.122 e. The van der Waals surface area contributed by atoms with Crippen LogP contribution in [0.25, 0.3) is 0 Å². The Morgan fingerprint density at radius 1 is 1.40 bits per heavy atom. The molecule has 0 saturated carbocycles. The normalized spacial score (nSPS) is 19.6. The minimum absolute atomic E-state index is 0.147. The van der Waals surface area contributed by atoms with Crippen molar-refractivity contribution in [2.24, 2.45) is 0 Å². The van der Waals surface area contributed by atoms with Crippen molar-refractivity contribution in [2.45, 2.75) is 31.7 Å². The summed E-state index contributed by atoms with van der Waals surface area (Å²) < 4.78 is 0. The van der Waals surface area contributed by atoms with E-state index in [9.17, 15) is 4.79 Å². The van der Waals surface area contributed by atoms with Crippen LogP contribution in [-0.4, -0.2) is 39.9 Å². The number of aliphatic hydroxyl groups excluding tert-OH is 3. The lowest BCUT2D eigenvalue weighted by Gasteiger charge is -2.17. The Balaban J connectivity index is 3.68. The van der Waals surface area contributed by atoms with E-state index in [1.165, 1.54) is 6.92 Å². The van der Waals surface area contributed by atoms with Crippen LogP contribution >= 0.6 is 0 Å². The number of hydrogen-bond donors (Lipinski definition) is 3. The van der Waals surface area contributed by atoms with Gasteiger partial charge in [-0.1, -0.05) is 0 Å². The Morgan fingerprint density at radius 2 is 1.90 bits per heavy atom. The molecule has 0 rings (SSSR count). The van der Waals surface area contributed by atoms with Crippen LogP contribution in [0.5, 0.6) is 0 Å². The van der Waals surface area contributed by atoms with Crippen molar-refractivity contribution < 1.29 is 20.1 Å². The molecular weight excluding hydrogens is 136 g/mol. The monoisotopic (exact) mass is 148 g/mol. The summed E-state index contributed by atoms with van der Waals surface area (Å²) in [4.78, 5) is 9.79. The van der Waals surface area contributed by atoms with Crippen LogP contribution in [-0.2, 0) is 4.79 Å². The first-order chi connectivity index (χ1) is 4.59.